The lowest BCUT2D eigenvalue weighted by Gasteiger charge is -2.01. The number of terminal acetylenes is 1. The number of hydrogen-bond acceptors (Lipinski definition) is 1. The van der Waals surface area contributed by atoms with Crippen molar-refractivity contribution in [2.75, 3.05) is 6.61 Å². The highest BCUT2D eigenvalue weighted by atomic mass is 16.5. The van der Waals surface area contributed by atoms with Gasteiger partial charge in [-0.25, -0.2) is 0 Å². The van der Waals surface area contributed by atoms with Crippen LogP contribution >= 0.6 is 0 Å². The van der Waals surface area contributed by atoms with Gasteiger partial charge in [-0.15, -0.1) is 6.42 Å². The normalized spacial score (nSPS) is 16.3. The van der Waals surface area contributed by atoms with E-state index >= 15 is 0 Å². The van der Waals surface area contributed by atoms with Crippen molar-refractivity contribution >= 4 is 0 Å². The van der Waals surface area contributed by atoms with Gasteiger partial charge in [0.25, 0.3) is 0 Å². The van der Waals surface area contributed by atoms with Crippen LogP contribution in [0.2, 0.25) is 0 Å². The van der Waals surface area contributed by atoms with Gasteiger partial charge < -0.3 is 4.74 Å². The summed E-state index contributed by atoms with van der Waals surface area (Å²) in [6.07, 6.45) is 12.9. The minimum atomic E-state index is 0.112. The van der Waals surface area contributed by atoms with Crippen LogP contribution in [0, 0.1) is 12.3 Å². The Morgan fingerprint density at radius 2 is 2.11 bits per heavy atom. The second kappa shape index (κ2) is 3.11. The topological polar surface area (TPSA) is 9.23 Å². The molecule has 0 bridgehead atoms. The Labute approximate surface area is 55.0 Å². The molecule has 0 aromatic carbocycles. The fourth-order valence-electron chi connectivity index (χ4n) is 0.667. The quantitative estimate of drug-likeness (QED) is 0.496. The molecule has 0 fully saturated rings. The largest absolute Gasteiger partial charge is 0.357 e. The molecule has 0 heterocycles. The van der Waals surface area contributed by atoms with Gasteiger partial charge in [-0.3, -0.25) is 0 Å². The van der Waals surface area contributed by atoms with Crippen LogP contribution in [-0.2, 0) is 4.74 Å². The van der Waals surface area contributed by atoms with Crippen molar-refractivity contribution in [2.24, 2.45) is 0 Å². The van der Waals surface area contributed by atoms with E-state index in [-0.39, 0.29) is 6.10 Å². The van der Waals surface area contributed by atoms with Gasteiger partial charge in [-0.2, -0.15) is 0 Å². The molecule has 0 unspecified atom stereocenters. The lowest BCUT2D eigenvalue weighted by molar-refractivity contribution is 0.149. The fourth-order valence-corrected chi connectivity index (χ4v) is 0.667. The van der Waals surface area contributed by atoms with Gasteiger partial charge in [0.2, 0.25) is 0 Å². The first-order valence-corrected chi connectivity index (χ1v) is 2.83. The molecule has 9 heavy (non-hydrogen) atoms. The molecule has 1 nitrogen and oxygen atoms in total. The van der Waals surface area contributed by atoms with Crippen molar-refractivity contribution in [1.29, 1.82) is 0 Å². The van der Waals surface area contributed by atoms with Crippen LogP contribution in [0.5, 0.6) is 0 Å². The Morgan fingerprint density at radius 1 is 1.44 bits per heavy atom. The molecule has 0 spiro atoms. The zero-order chi connectivity index (χ0) is 6.53. The maximum Gasteiger partial charge on any atom is 0.108 e. The highest BCUT2D eigenvalue weighted by molar-refractivity contribution is 5.19. The summed E-state index contributed by atoms with van der Waals surface area (Å²) in [5.74, 6) is 2.40. The van der Waals surface area contributed by atoms with Crippen LogP contribution in [0.1, 0.15) is 0 Å². The summed E-state index contributed by atoms with van der Waals surface area (Å²) in [7, 11) is 0. The van der Waals surface area contributed by atoms with Crippen LogP contribution in [0.25, 0.3) is 0 Å². The number of ether oxygens (including phenoxy) is 1. The summed E-state index contributed by atoms with van der Waals surface area (Å²) < 4.78 is 5.14. The van der Waals surface area contributed by atoms with Gasteiger partial charge in [-0.05, 0) is 0 Å². The monoisotopic (exact) mass is 120 g/mol. The minimum Gasteiger partial charge on any atom is -0.357 e. The number of hydrogen-bond donors (Lipinski definition) is 0. The Kier molecular flexibility index (Phi) is 2.12. The maximum atomic E-state index is 5.14. The molecule has 0 aliphatic heterocycles. The second-order valence-electron chi connectivity index (χ2n) is 1.75. The molecule has 0 radical (unpaired) electrons. The average molecular weight is 120 g/mol. The summed E-state index contributed by atoms with van der Waals surface area (Å²) in [6.45, 7) is 0.388. The molecule has 0 saturated heterocycles. The third-order valence-electron chi connectivity index (χ3n) is 1.07. The molecule has 1 aliphatic rings. The molecule has 0 amide bonds. The Morgan fingerprint density at radius 3 is 2.67 bits per heavy atom. The summed E-state index contributed by atoms with van der Waals surface area (Å²) >= 11 is 0. The van der Waals surface area contributed by atoms with Crippen molar-refractivity contribution in [1.82, 2.24) is 0 Å². The van der Waals surface area contributed by atoms with E-state index < -0.39 is 0 Å². The third kappa shape index (κ3) is 1.75. The van der Waals surface area contributed by atoms with Crippen LogP contribution < -0.4 is 0 Å². The van der Waals surface area contributed by atoms with E-state index in [1.807, 2.05) is 24.3 Å². The lowest BCUT2D eigenvalue weighted by Crippen LogP contribution is -2.03. The highest BCUT2D eigenvalue weighted by Gasteiger charge is 1.99. The third-order valence-corrected chi connectivity index (χ3v) is 1.07. The Bertz CT molecular complexity index is 159. The molecule has 1 heteroatoms. The van der Waals surface area contributed by atoms with Gasteiger partial charge >= 0.3 is 0 Å². The fraction of sp³-hybridized carbons (Fsp3) is 0.250. The van der Waals surface area contributed by atoms with Crippen LogP contribution in [0.4, 0.5) is 0 Å². The summed E-state index contributed by atoms with van der Waals surface area (Å²) in [5, 5.41) is 0. The molecular weight excluding hydrogens is 112 g/mol. The van der Waals surface area contributed by atoms with E-state index in [4.69, 9.17) is 11.2 Å². The number of allylic oxidation sites excluding steroid dienone is 2. The zero-order valence-corrected chi connectivity index (χ0v) is 5.08. The van der Waals surface area contributed by atoms with E-state index in [9.17, 15) is 0 Å². The van der Waals surface area contributed by atoms with E-state index in [0.29, 0.717) is 6.61 Å². The van der Waals surface area contributed by atoms with Gasteiger partial charge in [0.05, 0.1) is 6.10 Å². The highest BCUT2D eigenvalue weighted by Crippen LogP contribution is 2.02. The van der Waals surface area contributed by atoms with E-state index in [1.54, 1.807) is 0 Å². The van der Waals surface area contributed by atoms with Crippen molar-refractivity contribution < 1.29 is 4.74 Å². The smallest absolute Gasteiger partial charge is 0.108 e. The Balaban J connectivity index is 2.23. The summed E-state index contributed by atoms with van der Waals surface area (Å²) in [5.41, 5.74) is 0. The molecule has 0 aromatic heterocycles. The molecule has 46 valence electrons. The molecule has 0 saturated carbocycles. The first-order valence-electron chi connectivity index (χ1n) is 2.83. The number of rotatable bonds is 2. The minimum absolute atomic E-state index is 0.112. The zero-order valence-electron chi connectivity index (χ0n) is 5.08. The van der Waals surface area contributed by atoms with Gasteiger partial charge in [0.1, 0.15) is 6.61 Å². The van der Waals surface area contributed by atoms with Crippen LogP contribution in [0.15, 0.2) is 24.3 Å². The molecule has 0 N–H and O–H groups in total. The lowest BCUT2D eigenvalue weighted by atomic mass is 10.4. The van der Waals surface area contributed by atoms with Crippen molar-refractivity contribution in [3.05, 3.63) is 24.3 Å². The molecule has 1 aliphatic carbocycles. The van der Waals surface area contributed by atoms with E-state index in [0.717, 1.165) is 0 Å². The first-order chi connectivity index (χ1) is 4.43. The van der Waals surface area contributed by atoms with Crippen molar-refractivity contribution in [2.45, 2.75) is 6.10 Å². The van der Waals surface area contributed by atoms with E-state index in [2.05, 4.69) is 5.92 Å². The van der Waals surface area contributed by atoms with Gasteiger partial charge in [0, 0.05) is 0 Å². The predicted octanol–water partition coefficient (Wildman–Crippen LogP) is 1.13. The molecule has 0 aromatic rings. The standard InChI is InChI=1S/C8H8O/c1-2-7-9-8-5-3-4-6-8/h1,3-6,8H,7H2. The van der Waals surface area contributed by atoms with Crippen molar-refractivity contribution in [3.8, 4) is 12.3 Å². The molecular formula is C8H8O. The Hall–Kier alpha value is -1.00. The molecule has 0 atom stereocenters. The van der Waals surface area contributed by atoms with Crippen LogP contribution in [-0.4, -0.2) is 12.7 Å². The maximum absolute atomic E-state index is 5.14. The van der Waals surface area contributed by atoms with Crippen molar-refractivity contribution in [3.63, 3.8) is 0 Å². The molecule has 1 rings (SSSR count). The van der Waals surface area contributed by atoms with Gasteiger partial charge in [-0.1, -0.05) is 30.2 Å². The second-order valence-corrected chi connectivity index (χ2v) is 1.75. The van der Waals surface area contributed by atoms with E-state index in [1.165, 1.54) is 0 Å². The first kappa shape index (κ1) is 6.12. The van der Waals surface area contributed by atoms with Crippen LogP contribution in [0.3, 0.4) is 0 Å². The predicted molar refractivity (Wildman–Crippen MR) is 36.9 cm³/mol. The summed E-state index contributed by atoms with van der Waals surface area (Å²) in [4.78, 5) is 0. The summed E-state index contributed by atoms with van der Waals surface area (Å²) in [6, 6.07) is 0. The SMILES string of the molecule is C#CCOC1C=CC=C1. The average Bonchev–Trinajstić information content (AvgIpc) is 2.34. The van der Waals surface area contributed by atoms with Gasteiger partial charge in [0.15, 0.2) is 0 Å².